The normalized spacial score (nSPS) is 10.3. The van der Waals surface area contributed by atoms with E-state index < -0.39 is 10.9 Å². The number of para-hydroxylation sites is 2. The SMILES string of the molecule is CCOC(=O)c1c(Nc2ccccc2[N+](=O)[O-])cc(C)n1C. The Kier molecular flexibility index (Phi) is 4.45. The first kappa shape index (κ1) is 15.6. The monoisotopic (exact) mass is 303 g/mol. The molecule has 0 aliphatic heterocycles. The van der Waals surface area contributed by atoms with Crippen LogP contribution in [0.5, 0.6) is 0 Å². The van der Waals surface area contributed by atoms with Crippen molar-refractivity contribution in [1.29, 1.82) is 0 Å². The molecule has 0 spiro atoms. The first-order valence-corrected chi connectivity index (χ1v) is 6.79. The summed E-state index contributed by atoms with van der Waals surface area (Å²) in [7, 11) is 1.74. The largest absolute Gasteiger partial charge is 0.461 e. The topological polar surface area (TPSA) is 86.4 Å². The van der Waals surface area contributed by atoms with E-state index in [0.717, 1.165) is 5.69 Å². The van der Waals surface area contributed by atoms with Crippen LogP contribution >= 0.6 is 0 Å². The van der Waals surface area contributed by atoms with Crippen molar-refractivity contribution >= 4 is 23.0 Å². The van der Waals surface area contributed by atoms with Gasteiger partial charge in [0.15, 0.2) is 5.69 Å². The van der Waals surface area contributed by atoms with Gasteiger partial charge in [0.25, 0.3) is 5.69 Å². The van der Waals surface area contributed by atoms with Crippen LogP contribution < -0.4 is 5.32 Å². The minimum atomic E-state index is -0.473. The number of nitrogens with zero attached hydrogens (tertiary/aromatic N) is 2. The molecule has 0 aliphatic carbocycles. The Bertz CT molecular complexity index is 722. The zero-order valence-corrected chi connectivity index (χ0v) is 12.6. The number of rotatable bonds is 5. The number of ether oxygens (including phenoxy) is 1. The molecule has 1 aromatic heterocycles. The number of carbonyl (C=O) groups is 1. The molecule has 0 atom stereocenters. The minimum absolute atomic E-state index is 0.0567. The Balaban J connectivity index is 2.45. The van der Waals surface area contributed by atoms with Gasteiger partial charge in [-0.05, 0) is 26.0 Å². The van der Waals surface area contributed by atoms with Crippen molar-refractivity contribution in [2.45, 2.75) is 13.8 Å². The van der Waals surface area contributed by atoms with Crippen LogP contribution in [0.15, 0.2) is 30.3 Å². The molecule has 0 fully saturated rings. The molecule has 0 saturated carbocycles. The maximum atomic E-state index is 12.1. The van der Waals surface area contributed by atoms with E-state index in [1.807, 2.05) is 6.92 Å². The highest BCUT2D eigenvalue weighted by atomic mass is 16.6. The van der Waals surface area contributed by atoms with Gasteiger partial charge < -0.3 is 14.6 Å². The first-order chi connectivity index (χ1) is 10.5. The number of anilines is 2. The van der Waals surface area contributed by atoms with E-state index in [9.17, 15) is 14.9 Å². The lowest BCUT2D eigenvalue weighted by Gasteiger charge is -2.09. The van der Waals surface area contributed by atoms with E-state index in [1.165, 1.54) is 6.07 Å². The fourth-order valence-corrected chi connectivity index (χ4v) is 2.16. The van der Waals surface area contributed by atoms with Crippen molar-refractivity contribution in [3.05, 3.63) is 51.8 Å². The highest BCUT2D eigenvalue weighted by Gasteiger charge is 2.21. The van der Waals surface area contributed by atoms with Crippen molar-refractivity contribution < 1.29 is 14.5 Å². The fraction of sp³-hybridized carbons (Fsp3) is 0.267. The molecule has 0 radical (unpaired) electrons. The number of hydrogen-bond donors (Lipinski definition) is 1. The molecule has 2 rings (SSSR count). The van der Waals surface area contributed by atoms with Gasteiger partial charge in [-0.15, -0.1) is 0 Å². The molecular formula is C15H17N3O4. The second-order valence-corrected chi connectivity index (χ2v) is 4.73. The van der Waals surface area contributed by atoms with E-state index in [4.69, 9.17) is 4.74 Å². The lowest BCUT2D eigenvalue weighted by atomic mass is 10.2. The predicted molar refractivity (Wildman–Crippen MR) is 82.5 cm³/mol. The third-order valence-corrected chi connectivity index (χ3v) is 3.31. The summed E-state index contributed by atoms with van der Waals surface area (Å²) in [5, 5.41) is 14.0. The van der Waals surface area contributed by atoms with Gasteiger partial charge in [-0.3, -0.25) is 10.1 Å². The average molecular weight is 303 g/mol. The molecule has 1 aromatic carbocycles. The molecule has 0 aliphatic rings. The van der Waals surface area contributed by atoms with Crippen LogP contribution in [0.3, 0.4) is 0 Å². The van der Waals surface area contributed by atoms with Crippen LogP contribution in [0, 0.1) is 17.0 Å². The van der Waals surface area contributed by atoms with Crippen molar-refractivity contribution in [3.63, 3.8) is 0 Å². The van der Waals surface area contributed by atoms with Gasteiger partial charge in [0.1, 0.15) is 5.69 Å². The van der Waals surface area contributed by atoms with Gasteiger partial charge in [-0.25, -0.2) is 4.79 Å². The molecule has 0 amide bonds. The van der Waals surface area contributed by atoms with E-state index >= 15 is 0 Å². The number of nitro groups is 1. The van der Waals surface area contributed by atoms with Crippen LogP contribution in [0.4, 0.5) is 17.1 Å². The molecule has 0 bridgehead atoms. The first-order valence-electron chi connectivity index (χ1n) is 6.79. The number of aryl methyl sites for hydroxylation is 1. The smallest absolute Gasteiger partial charge is 0.357 e. The summed E-state index contributed by atoms with van der Waals surface area (Å²) in [5.41, 5.74) is 1.91. The molecular weight excluding hydrogens is 286 g/mol. The number of hydrogen-bond acceptors (Lipinski definition) is 5. The lowest BCUT2D eigenvalue weighted by Crippen LogP contribution is -2.12. The molecule has 0 saturated heterocycles. The van der Waals surface area contributed by atoms with E-state index in [2.05, 4.69) is 5.32 Å². The molecule has 116 valence electrons. The third kappa shape index (κ3) is 2.93. The zero-order chi connectivity index (χ0) is 16.3. The zero-order valence-electron chi connectivity index (χ0n) is 12.6. The molecule has 7 nitrogen and oxygen atoms in total. The quantitative estimate of drug-likeness (QED) is 0.521. The van der Waals surface area contributed by atoms with Crippen molar-refractivity contribution in [3.8, 4) is 0 Å². The van der Waals surface area contributed by atoms with Gasteiger partial charge >= 0.3 is 5.97 Å². The van der Waals surface area contributed by atoms with Gasteiger partial charge in [0.05, 0.1) is 17.2 Å². The van der Waals surface area contributed by atoms with E-state index in [0.29, 0.717) is 17.1 Å². The Morgan fingerprint density at radius 1 is 1.36 bits per heavy atom. The number of benzene rings is 1. The van der Waals surface area contributed by atoms with Crippen LogP contribution in [0.25, 0.3) is 0 Å². The second-order valence-electron chi connectivity index (χ2n) is 4.73. The minimum Gasteiger partial charge on any atom is -0.461 e. The maximum Gasteiger partial charge on any atom is 0.357 e. The highest BCUT2D eigenvalue weighted by molar-refractivity contribution is 5.96. The third-order valence-electron chi connectivity index (χ3n) is 3.31. The van der Waals surface area contributed by atoms with Crippen LogP contribution in [-0.2, 0) is 11.8 Å². The number of carbonyl (C=O) groups excluding carboxylic acids is 1. The summed E-state index contributed by atoms with van der Waals surface area (Å²) in [6.07, 6.45) is 0. The Morgan fingerprint density at radius 3 is 2.68 bits per heavy atom. The van der Waals surface area contributed by atoms with Crippen LogP contribution in [0.2, 0.25) is 0 Å². The predicted octanol–water partition coefficient (Wildman–Crippen LogP) is 3.16. The molecule has 0 unspecified atom stereocenters. The molecule has 1 N–H and O–H groups in total. The summed E-state index contributed by atoms with van der Waals surface area (Å²) < 4.78 is 6.73. The van der Waals surface area contributed by atoms with Crippen molar-refractivity contribution in [1.82, 2.24) is 4.57 Å². The van der Waals surface area contributed by atoms with E-state index in [1.54, 1.807) is 42.8 Å². The second kappa shape index (κ2) is 6.30. The maximum absolute atomic E-state index is 12.1. The highest BCUT2D eigenvalue weighted by Crippen LogP contribution is 2.30. The number of nitrogens with one attached hydrogen (secondary N) is 1. The van der Waals surface area contributed by atoms with Gasteiger partial charge in [-0.1, -0.05) is 12.1 Å². The Hall–Kier alpha value is -2.83. The Labute approximate surface area is 127 Å². The molecule has 7 heteroatoms. The number of aromatic nitrogens is 1. The van der Waals surface area contributed by atoms with E-state index in [-0.39, 0.29) is 12.3 Å². The Morgan fingerprint density at radius 2 is 2.05 bits per heavy atom. The lowest BCUT2D eigenvalue weighted by molar-refractivity contribution is -0.383. The van der Waals surface area contributed by atoms with Crippen molar-refractivity contribution in [2.75, 3.05) is 11.9 Å². The molecule has 1 heterocycles. The average Bonchev–Trinajstić information content (AvgIpc) is 2.74. The number of esters is 1. The summed E-state index contributed by atoms with van der Waals surface area (Å²) in [6.45, 7) is 3.82. The summed E-state index contributed by atoms with van der Waals surface area (Å²) in [4.78, 5) is 22.7. The van der Waals surface area contributed by atoms with Gasteiger partial charge in [0, 0.05) is 18.8 Å². The van der Waals surface area contributed by atoms with Gasteiger partial charge in [-0.2, -0.15) is 0 Å². The summed E-state index contributed by atoms with van der Waals surface area (Å²) >= 11 is 0. The molecule has 22 heavy (non-hydrogen) atoms. The van der Waals surface area contributed by atoms with Gasteiger partial charge in [0.2, 0.25) is 0 Å². The van der Waals surface area contributed by atoms with Crippen LogP contribution in [-0.4, -0.2) is 22.1 Å². The summed E-state index contributed by atoms with van der Waals surface area (Å²) in [6, 6.07) is 8.03. The molecule has 2 aromatic rings. The van der Waals surface area contributed by atoms with Crippen LogP contribution in [0.1, 0.15) is 23.1 Å². The number of nitro benzene ring substituents is 1. The fourth-order valence-electron chi connectivity index (χ4n) is 2.16. The summed E-state index contributed by atoms with van der Waals surface area (Å²) in [5.74, 6) is -0.473. The van der Waals surface area contributed by atoms with Crippen molar-refractivity contribution in [2.24, 2.45) is 7.05 Å². The standard InChI is InChI=1S/C15H17N3O4/c1-4-22-15(19)14-12(9-10(2)17(14)3)16-11-7-5-6-8-13(11)18(20)21/h5-9,16H,4H2,1-3H3.